The molecule has 94 valence electrons. The first kappa shape index (κ1) is 14.5. The van der Waals surface area contributed by atoms with Crippen LogP contribution in [0.1, 0.15) is 27.7 Å². The molecule has 2 nitrogen and oxygen atoms in total. The number of rotatable bonds is 2. The van der Waals surface area contributed by atoms with E-state index in [1.165, 1.54) is 4.70 Å². The molecule has 0 aliphatic heterocycles. The minimum absolute atomic E-state index is 0.540. The van der Waals surface area contributed by atoms with Crippen molar-refractivity contribution < 1.29 is 0 Å². The van der Waals surface area contributed by atoms with Gasteiger partial charge in [0.05, 0.1) is 15.7 Å². The van der Waals surface area contributed by atoms with Gasteiger partial charge in [-0.05, 0) is 39.8 Å². The summed E-state index contributed by atoms with van der Waals surface area (Å²) in [6, 6.07) is 9.21. The third-order valence-electron chi connectivity index (χ3n) is 2.29. The molecule has 0 atom stereocenters. The lowest BCUT2D eigenvalue weighted by atomic mass is 10.3. The zero-order valence-corrected chi connectivity index (χ0v) is 12.5. The number of hydrogen-bond donors (Lipinski definition) is 1. The molecule has 0 saturated heterocycles. The quantitative estimate of drug-likeness (QED) is 0.820. The number of benzene rings is 1. The highest BCUT2D eigenvalue weighted by Crippen LogP contribution is 2.15. The van der Waals surface area contributed by atoms with Gasteiger partial charge in [0.15, 0.2) is 0 Å². The van der Waals surface area contributed by atoms with E-state index in [4.69, 9.17) is 0 Å². The van der Waals surface area contributed by atoms with Crippen LogP contribution in [0.4, 0.5) is 0 Å². The number of thiol groups is 1. The van der Waals surface area contributed by atoms with Gasteiger partial charge in [0, 0.05) is 12.1 Å². The number of para-hydroxylation sites is 1. The molecule has 1 aromatic carbocycles. The van der Waals surface area contributed by atoms with Crippen molar-refractivity contribution in [1.29, 1.82) is 0 Å². The predicted octanol–water partition coefficient (Wildman–Crippen LogP) is 4.25. The Bertz CT molecular complexity index is 399. The number of hydrogen-bond acceptors (Lipinski definition) is 4. The minimum Gasteiger partial charge on any atom is -0.248 e. The lowest BCUT2D eigenvalue weighted by Crippen LogP contribution is -2.27. The molecular weight excluding hydrogens is 248 g/mol. The molecule has 0 radical (unpaired) electrons. The van der Waals surface area contributed by atoms with Gasteiger partial charge in [-0.2, -0.15) is 0 Å². The molecule has 0 amide bonds. The second-order valence-electron chi connectivity index (χ2n) is 4.39. The highest BCUT2D eigenvalue weighted by molar-refractivity contribution is 7.77. The van der Waals surface area contributed by atoms with Gasteiger partial charge in [0.2, 0.25) is 0 Å². The molecule has 17 heavy (non-hydrogen) atoms. The second-order valence-corrected chi connectivity index (χ2v) is 5.74. The van der Waals surface area contributed by atoms with Crippen LogP contribution in [-0.4, -0.2) is 21.4 Å². The number of fused-ring (bicyclic) bond motifs is 1. The van der Waals surface area contributed by atoms with E-state index in [-0.39, 0.29) is 0 Å². The van der Waals surface area contributed by atoms with Crippen LogP contribution in [0.15, 0.2) is 29.8 Å². The van der Waals surface area contributed by atoms with Crippen molar-refractivity contribution in [1.82, 2.24) is 9.29 Å². The van der Waals surface area contributed by atoms with E-state index < -0.39 is 0 Å². The fourth-order valence-corrected chi connectivity index (χ4v) is 2.08. The van der Waals surface area contributed by atoms with Crippen molar-refractivity contribution in [3.8, 4) is 0 Å². The maximum absolute atomic E-state index is 4.25. The normalized spacial score (nSPS) is 11.1. The molecule has 0 saturated carbocycles. The van der Waals surface area contributed by atoms with Gasteiger partial charge >= 0.3 is 0 Å². The largest absolute Gasteiger partial charge is 0.248 e. The number of nitrogens with zero attached hydrogens (tertiary/aromatic N) is 2. The molecule has 1 heterocycles. The summed E-state index contributed by atoms with van der Waals surface area (Å²) >= 11 is 5.93. The molecule has 0 aliphatic carbocycles. The van der Waals surface area contributed by atoms with Gasteiger partial charge in [0.1, 0.15) is 0 Å². The van der Waals surface area contributed by atoms with Crippen molar-refractivity contribution in [3.05, 3.63) is 29.8 Å². The zero-order chi connectivity index (χ0) is 12.8. The van der Waals surface area contributed by atoms with Crippen molar-refractivity contribution in [2.75, 3.05) is 0 Å². The third kappa shape index (κ3) is 4.66. The fraction of sp³-hybridized carbons (Fsp3) is 0.462. The molecule has 0 spiro atoms. The Labute approximate surface area is 113 Å². The Morgan fingerprint density at radius 2 is 1.71 bits per heavy atom. The average molecular weight is 268 g/mol. The Balaban J connectivity index is 0.000000172. The molecule has 0 N–H and O–H groups in total. The summed E-state index contributed by atoms with van der Waals surface area (Å²) in [7, 11) is 0. The number of aromatic nitrogens is 1. The Kier molecular flexibility index (Phi) is 5.95. The van der Waals surface area contributed by atoms with Crippen molar-refractivity contribution in [2.24, 2.45) is 0 Å². The zero-order valence-electron chi connectivity index (χ0n) is 10.8. The molecule has 2 aromatic rings. The lowest BCUT2D eigenvalue weighted by Gasteiger charge is -2.23. The van der Waals surface area contributed by atoms with Gasteiger partial charge in [-0.1, -0.05) is 24.9 Å². The van der Waals surface area contributed by atoms with Crippen LogP contribution in [0.5, 0.6) is 0 Å². The Morgan fingerprint density at radius 1 is 1.12 bits per heavy atom. The maximum Gasteiger partial charge on any atom is 0.0812 e. The first-order valence-corrected chi connectivity index (χ1v) is 7.05. The average Bonchev–Trinajstić information content (AvgIpc) is 2.76. The van der Waals surface area contributed by atoms with E-state index in [2.05, 4.69) is 51.6 Å². The van der Waals surface area contributed by atoms with E-state index in [0.717, 1.165) is 5.52 Å². The third-order valence-corrected chi connectivity index (χ3v) is 4.03. The molecule has 0 aliphatic rings. The van der Waals surface area contributed by atoms with E-state index in [1.807, 2.05) is 28.0 Å². The molecule has 0 fully saturated rings. The van der Waals surface area contributed by atoms with Crippen LogP contribution in [0.3, 0.4) is 0 Å². The Morgan fingerprint density at radius 3 is 2.18 bits per heavy atom. The Hall–Kier alpha value is -0.580. The van der Waals surface area contributed by atoms with Gasteiger partial charge in [-0.3, -0.25) is 0 Å². The molecule has 1 aromatic heterocycles. The fourth-order valence-electron chi connectivity index (χ4n) is 1.40. The van der Waals surface area contributed by atoms with Crippen LogP contribution < -0.4 is 0 Å². The summed E-state index contributed by atoms with van der Waals surface area (Å²) in [5.41, 5.74) is 2.97. The van der Waals surface area contributed by atoms with Crippen LogP contribution in [-0.2, 0) is 0 Å². The molecule has 4 heteroatoms. The monoisotopic (exact) mass is 268 g/mol. The van der Waals surface area contributed by atoms with Crippen LogP contribution in [0.25, 0.3) is 10.2 Å². The van der Waals surface area contributed by atoms with E-state index in [0.29, 0.717) is 12.1 Å². The SMILES string of the molecule is CC(C)N(S)C(C)C.c1ccc2scnc2c1. The van der Waals surface area contributed by atoms with Crippen molar-refractivity contribution in [3.63, 3.8) is 0 Å². The van der Waals surface area contributed by atoms with Gasteiger partial charge in [-0.15, -0.1) is 11.3 Å². The van der Waals surface area contributed by atoms with E-state index in [1.54, 1.807) is 11.3 Å². The smallest absolute Gasteiger partial charge is 0.0812 e. The van der Waals surface area contributed by atoms with E-state index >= 15 is 0 Å². The minimum atomic E-state index is 0.540. The lowest BCUT2D eigenvalue weighted by molar-refractivity contribution is 0.340. The number of thiazole rings is 1. The highest BCUT2D eigenvalue weighted by Gasteiger charge is 2.06. The van der Waals surface area contributed by atoms with Crippen LogP contribution in [0, 0.1) is 0 Å². The first-order chi connectivity index (χ1) is 8.02. The summed E-state index contributed by atoms with van der Waals surface area (Å²) < 4.78 is 3.29. The van der Waals surface area contributed by atoms with Gasteiger partial charge in [0.25, 0.3) is 0 Å². The summed E-state index contributed by atoms with van der Waals surface area (Å²) in [6.07, 6.45) is 0. The molecule has 0 bridgehead atoms. The summed E-state index contributed by atoms with van der Waals surface area (Å²) in [5, 5.41) is 0. The second kappa shape index (κ2) is 6.99. The van der Waals surface area contributed by atoms with E-state index in [9.17, 15) is 0 Å². The predicted molar refractivity (Wildman–Crippen MR) is 80.7 cm³/mol. The van der Waals surface area contributed by atoms with Crippen LogP contribution in [0.2, 0.25) is 0 Å². The first-order valence-electron chi connectivity index (χ1n) is 5.77. The van der Waals surface area contributed by atoms with Gasteiger partial charge in [-0.25, -0.2) is 9.29 Å². The molecular formula is C13H20N2S2. The maximum atomic E-state index is 4.25. The van der Waals surface area contributed by atoms with Crippen LogP contribution >= 0.6 is 24.2 Å². The summed E-state index contributed by atoms with van der Waals surface area (Å²) in [4.78, 5) is 4.14. The summed E-state index contributed by atoms with van der Waals surface area (Å²) in [6.45, 7) is 8.53. The topological polar surface area (TPSA) is 16.1 Å². The molecule has 2 rings (SSSR count). The van der Waals surface area contributed by atoms with Crippen molar-refractivity contribution >= 4 is 34.4 Å². The van der Waals surface area contributed by atoms with Gasteiger partial charge < -0.3 is 0 Å². The summed E-state index contributed by atoms with van der Waals surface area (Å²) in [5.74, 6) is 0. The van der Waals surface area contributed by atoms with Crippen molar-refractivity contribution in [2.45, 2.75) is 39.8 Å². The molecule has 0 unspecified atom stereocenters. The highest BCUT2D eigenvalue weighted by atomic mass is 32.1. The standard InChI is InChI=1S/C7H5NS.C6H15NS/c1-2-4-7-6(3-1)8-5-9-7;1-5(2)7(8)6(3)4/h1-5H;5-6,8H,1-4H3.